The Morgan fingerprint density at radius 2 is 1.80 bits per heavy atom. The molecule has 0 radical (unpaired) electrons. The minimum Gasteiger partial charge on any atom is -0.314 e. The second-order valence-corrected chi connectivity index (χ2v) is 6.63. The van der Waals surface area contributed by atoms with Gasteiger partial charge < -0.3 is 5.32 Å². The minimum absolute atomic E-state index is 0.597. The average Bonchev–Trinajstić information content (AvgIpc) is 2.42. The van der Waals surface area contributed by atoms with E-state index in [1.54, 1.807) is 0 Å². The first-order valence-corrected chi connectivity index (χ1v) is 8.10. The van der Waals surface area contributed by atoms with Gasteiger partial charge >= 0.3 is 0 Å². The van der Waals surface area contributed by atoms with Gasteiger partial charge in [-0.3, -0.25) is 4.90 Å². The second kappa shape index (κ2) is 7.24. The molecule has 2 nitrogen and oxygen atoms in total. The average molecular weight is 274 g/mol. The Morgan fingerprint density at radius 1 is 1.10 bits per heavy atom. The van der Waals surface area contributed by atoms with Gasteiger partial charge in [-0.05, 0) is 43.7 Å². The van der Waals surface area contributed by atoms with E-state index in [-0.39, 0.29) is 0 Å². The summed E-state index contributed by atoms with van der Waals surface area (Å²) < 4.78 is 0. The fourth-order valence-corrected chi connectivity index (χ4v) is 3.22. The summed E-state index contributed by atoms with van der Waals surface area (Å²) in [7, 11) is 0. The van der Waals surface area contributed by atoms with Crippen LogP contribution in [-0.4, -0.2) is 31.1 Å². The van der Waals surface area contributed by atoms with Crippen LogP contribution in [0.2, 0.25) is 0 Å². The number of nitrogens with zero attached hydrogens (tertiary/aromatic N) is 1. The third kappa shape index (κ3) is 4.07. The van der Waals surface area contributed by atoms with Gasteiger partial charge in [0.2, 0.25) is 0 Å². The summed E-state index contributed by atoms with van der Waals surface area (Å²) in [5.74, 6) is 0.783. The van der Waals surface area contributed by atoms with Gasteiger partial charge in [-0.1, -0.05) is 37.6 Å². The number of benzene rings is 1. The molecule has 0 saturated carbocycles. The SMILES string of the molecule is Cc1ccc([C@H](CCC(C)C)N2CCNCC2)c(C)c1. The highest BCUT2D eigenvalue weighted by molar-refractivity contribution is 5.33. The molecule has 1 fully saturated rings. The van der Waals surface area contributed by atoms with E-state index < -0.39 is 0 Å². The summed E-state index contributed by atoms with van der Waals surface area (Å²) in [5.41, 5.74) is 4.37. The predicted molar refractivity (Wildman–Crippen MR) is 87.2 cm³/mol. The molecule has 2 heteroatoms. The fraction of sp³-hybridized carbons (Fsp3) is 0.667. The van der Waals surface area contributed by atoms with Gasteiger partial charge in [-0.15, -0.1) is 0 Å². The first kappa shape index (κ1) is 15.5. The fourth-order valence-electron chi connectivity index (χ4n) is 3.22. The van der Waals surface area contributed by atoms with Crippen molar-refractivity contribution in [2.75, 3.05) is 26.2 Å². The van der Waals surface area contributed by atoms with Gasteiger partial charge in [-0.2, -0.15) is 0 Å². The smallest absolute Gasteiger partial charge is 0.0351 e. The zero-order valence-corrected chi connectivity index (χ0v) is 13.6. The first-order chi connectivity index (χ1) is 9.58. The Morgan fingerprint density at radius 3 is 2.40 bits per heavy atom. The maximum absolute atomic E-state index is 3.47. The molecule has 1 atom stereocenters. The van der Waals surface area contributed by atoms with Crippen LogP contribution in [0.1, 0.15) is 49.4 Å². The quantitative estimate of drug-likeness (QED) is 0.881. The molecule has 0 spiro atoms. The van der Waals surface area contributed by atoms with Crippen LogP contribution in [0.4, 0.5) is 0 Å². The molecule has 0 unspecified atom stereocenters. The second-order valence-electron chi connectivity index (χ2n) is 6.63. The van der Waals surface area contributed by atoms with Crippen LogP contribution in [0.5, 0.6) is 0 Å². The molecule has 1 N–H and O–H groups in total. The normalized spacial score (nSPS) is 18.4. The highest BCUT2D eigenvalue weighted by Gasteiger charge is 2.23. The van der Waals surface area contributed by atoms with Crippen molar-refractivity contribution in [3.63, 3.8) is 0 Å². The van der Waals surface area contributed by atoms with Crippen LogP contribution >= 0.6 is 0 Å². The molecule has 0 aromatic heterocycles. The molecule has 112 valence electrons. The van der Waals surface area contributed by atoms with Gasteiger partial charge in [0.25, 0.3) is 0 Å². The molecule has 1 saturated heterocycles. The number of hydrogen-bond acceptors (Lipinski definition) is 2. The van der Waals surface area contributed by atoms with Gasteiger partial charge in [0.05, 0.1) is 0 Å². The van der Waals surface area contributed by atoms with Crippen molar-refractivity contribution in [1.29, 1.82) is 0 Å². The molecule has 1 aromatic carbocycles. The topological polar surface area (TPSA) is 15.3 Å². The first-order valence-electron chi connectivity index (χ1n) is 8.10. The van der Waals surface area contributed by atoms with Crippen LogP contribution in [0.15, 0.2) is 18.2 Å². The molecule has 0 aliphatic carbocycles. The Balaban J connectivity index is 2.19. The van der Waals surface area contributed by atoms with Crippen molar-refractivity contribution in [2.45, 2.75) is 46.6 Å². The van der Waals surface area contributed by atoms with Crippen molar-refractivity contribution in [1.82, 2.24) is 10.2 Å². The summed E-state index contributed by atoms with van der Waals surface area (Å²) in [5, 5.41) is 3.47. The van der Waals surface area contributed by atoms with E-state index in [0.29, 0.717) is 6.04 Å². The zero-order valence-electron chi connectivity index (χ0n) is 13.6. The molecular weight excluding hydrogens is 244 g/mol. The molecular formula is C18H30N2. The number of aryl methyl sites for hydroxylation is 2. The van der Waals surface area contributed by atoms with Gasteiger partial charge in [0, 0.05) is 32.2 Å². The van der Waals surface area contributed by atoms with Gasteiger partial charge in [0.15, 0.2) is 0 Å². The lowest BCUT2D eigenvalue weighted by atomic mass is 9.92. The van der Waals surface area contributed by atoms with Crippen molar-refractivity contribution >= 4 is 0 Å². The number of hydrogen-bond donors (Lipinski definition) is 1. The molecule has 1 aromatic rings. The van der Waals surface area contributed by atoms with Gasteiger partial charge in [-0.25, -0.2) is 0 Å². The Hall–Kier alpha value is -0.860. The predicted octanol–water partition coefficient (Wildman–Crippen LogP) is 3.69. The third-order valence-corrected chi connectivity index (χ3v) is 4.39. The van der Waals surface area contributed by atoms with Gasteiger partial charge in [0.1, 0.15) is 0 Å². The lowest BCUT2D eigenvalue weighted by Gasteiger charge is -2.36. The van der Waals surface area contributed by atoms with E-state index in [1.165, 1.54) is 42.6 Å². The van der Waals surface area contributed by atoms with Crippen molar-refractivity contribution < 1.29 is 0 Å². The molecule has 1 heterocycles. The van der Waals surface area contributed by atoms with Crippen molar-refractivity contribution in [3.8, 4) is 0 Å². The molecule has 1 aliphatic rings. The lowest BCUT2D eigenvalue weighted by Crippen LogP contribution is -2.45. The summed E-state index contributed by atoms with van der Waals surface area (Å²) in [4.78, 5) is 2.68. The number of piperazine rings is 1. The maximum Gasteiger partial charge on any atom is 0.0351 e. The van der Waals surface area contributed by atoms with Crippen LogP contribution in [0.25, 0.3) is 0 Å². The van der Waals surface area contributed by atoms with E-state index in [0.717, 1.165) is 19.0 Å². The molecule has 0 bridgehead atoms. The van der Waals surface area contributed by atoms with E-state index in [4.69, 9.17) is 0 Å². The number of nitrogens with one attached hydrogen (secondary N) is 1. The number of rotatable bonds is 5. The molecule has 0 amide bonds. The Labute approximate surface area is 124 Å². The third-order valence-electron chi connectivity index (χ3n) is 4.39. The Kier molecular flexibility index (Phi) is 5.62. The molecule has 1 aliphatic heterocycles. The van der Waals surface area contributed by atoms with Crippen molar-refractivity contribution in [2.24, 2.45) is 5.92 Å². The van der Waals surface area contributed by atoms with E-state index >= 15 is 0 Å². The summed E-state index contributed by atoms with van der Waals surface area (Å²) in [6.45, 7) is 13.7. The molecule has 2 rings (SSSR count). The Bertz CT molecular complexity index is 419. The largest absolute Gasteiger partial charge is 0.314 e. The van der Waals surface area contributed by atoms with Crippen LogP contribution in [0.3, 0.4) is 0 Å². The van der Waals surface area contributed by atoms with E-state index in [2.05, 4.69) is 56.1 Å². The van der Waals surface area contributed by atoms with Crippen LogP contribution < -0.4 is 5.32 Å². The van der Waals surface area contributed by atoms with Crippen LogP contribution in [0, 0.1) is 19.8 Å². The van der Waals surface area contributed by atoms with E-state index in [9.17, 15) is 0 Å². The van der Waals surface area contributed by atoms with Crippen molar-refractivity contribution in [3.05, 3.63) is 34.9 Å². The maximum atomic E-state index is 3.47. The molecule has 20 heavy (non-hydrogen) atoms. The zero-order chi connectivity index (χ0) is 14.5. The van der Waals surface area contributed by atoms with Crippen LogP contribution in [-0.2, 0) is 0 Å². The standard InChI is InChI=1S/C18H30N2/c1-14(2)5-8-18(20-11-9-19-10-12-20)17-7-6-15(3)13-16(17)4/h6-7,13-14,18-19H,5,8-12H2,1-4H3/t18-/m0/s1. The monoisotopic (exact) mass is 274 g/mol. The lowest BCUT2D eigenvalue weighted by molar-refractivity contribution is 0.159. The summed E-state index contributed by atoms with van der Waals surface area (Å²) in [6.07, 6.45) is 2.59. The summed E-state index contributed by atoms with van der Waals surface area (Å²) >= 11 is 0. The highest BCUT2D eigenvalue weighted by atomic mass is 15.2. The summed E-state index contributed by atoms with van der Waals surface area (Å²) in [6, 6.07) is 7.56. The minimum atomic E-state index is 0.597. The highest BCUT2D eigenvalue weighted by Crippen LogP contribution is 2.30. The van der Waals surface area contributed by atoms with E-state index in [1.807, 2.05) is 0 Å².